The van der Waals surface area contributed by atoms with Crippen LogP contribution in [0.4, 0.5) is 4.39 Å². The van der Waals surface area contributed by atoms with Crippen molar-refractivity contribution in [3.8, 4) is 11.3 Å². The summed E-state index contributed by atoms with van der Waals surface area (Å²) in [5.41, 5.74) is 1.26. The number of nitrogens with one attached hydrogen (secondary N) is 1. The molecule has 0 bridgehead atoms. The molecule has 2 rings (SSSR count). The highest BCUT2D eigenvalue weighted by atomic mass is 79.9. The van der Waals surface area contributed by atoms with Gasteiger partial charge in [-0.05, 0) is 13.0 Å². The second-order valence-electron chi connectivity index (χ2n) is 3.64. The first-order valence-electron chi connectivity index (χ1n) is 5.60. The third-order valence-corrected chi connectivity index (χ3v) is 3.09. The lowest BCUT2D eigenvalue weighted by molar-refractivity contribution is 0.0520. The fraction of sp³-hybridized carbons (Fsp3) is 0.250. The second-order valence-corrected chi connectivity index (χ2v) is 4.20. The van der Waals surface area contributed by atoms with E-state index in [9.17, 15) is 9.18 Å². The van der Waals surface area contributed by atoms with E-state index in [1.54, 1.807) is 19.1 Å². The number of nitrogens with zero attached hydrogens (tertiary/aromatic N) is 2. The molecule has 0 atom stereocenters. The first-order chi connectivity index (χ1) is 9.19. The lowest BCUT2D eigenvalue weighted by Crippen LogP contribution is -2.07. The van der Waals surface area contributed by atoms with Gasteiger partial charge in [-0.2, -0.15) is 10.3 Å². The Morgan fingerprint density at radius 3 is 2.95 bits per heavy atom. The molecule has 0 saturated carbocycles. The number of aromatic amines is 1. The number of hydrogen-bond donors (Lipinski definition) is 1. The number of ether oxygens (including phenoxy) is 1. The maximum atomic E-state index is 13.7. The van der Waals surface area contributed by atoms with Gasteiger partial charge >= 0.3 is 5.97 Å². The van der Waals surface area contributed by atoms with Gasteiger partial charge in [0.1, 0.15) is 11.5 Å². The fourth-order valence-corrected chi connectivity index (χ4v) is 2.25. The van der Waals surface area contributed by atoms with Gasteiger partial charge in [0.15, 0.2) is 5.69 Å². The number of benzene rings is 1. The van der Waals surface area contributed by atoms with E-state index in [0.29, 0.717) is 16.5 Å². The number of hydrogen-bond acceptors (Lipinski definition) is 4. The Hall–Kier alpha value is -1.76. The molecule has 100 valence electrons. The molecular formula is C12H11BrFN3O2. The van der Waals surface area contributed by atoms with Crippen LogP contribution in [0.1, 0.15) is 23.0 Å². The van der Waals surface area contributed by atoms with Crippen LogP contribution >= 0.6 is 15.9 Å². The minimum atomic E-state index is -0.587. The van der Waals surface area contributed by atoms with E-state index < -0.39 is 5.97 Å². The Balaban J connectivity index is 2.52. The molecule has 0 radical (unpaired) electrons. The number of aromatic nitrogens is 3. The molecule has 19 heavy (non-hydrogen) atoms. The van der Waals surface area contributed by atoms with Crippen LogP contribution in [0.25, 0.3) is 11.3 Å². The van der Waals surface area contributed by atoms with Crippen LogP contribution in [0.2, 0.25) is 0 Å². The molecule has 5 nitrogen and oxygen atoms in total. The predicted molar refractivity (Wildman–Crippen MR) is 70.4 cm³/mol. The van der Waals surface area contributed by atoms with Crippen molar-refractivity contribution in [1.29, 1.82) is 0 Å². The summed E-state index contributed by atoms with van der Waals surface area (Å²) in [5, 5.41) is 10.4. The predicted octanol–water partition coefficient (Wildman–Crippen LogP) is 2.68. The number of esters is 1. The molecule has 0 amide bonds. The van der Waals surface area contributed by atoms with Gasteiger partial charge < -0.3 is 4.74 Å². The van der Waals surface area contributed by atoms with E-state index in [4.69, 9.17) is 4.74 Å². The summed E-state index contributed by atoms with van der Waals surface area (Å²) < 4.78 is 18.6. The molecule has 0 unspecified atom stereocenters. The average molecular weight is 328 g/mol. The van der Waals surface area contributed by atoms with Crippen molar-refractivity contribution in [2.45, 2.75) is 12.3 Å². The van der Waals surface area contributed by atoms with E-state index >= 15 is 0 Å². The molecule has 1 aromatic carbocycles. The van der Waals surface area contributed by atoms with Gasteiger partial charge in [0, 0.05) is 16.5 Å². The molecule has 1 N–H and O–H groups in total. The zero-order chi connectivity index (χ0) is 13.8. The van der Waals surface area contributed by atoms with Crippen molar-refractivity contribution < 1.29 is 13.9 Å². The lowest BCUT2D eigenvalue weighted by atomic mass is 10.0. The van der Waals surface area contributed by atoms with Crippen LogP contribution < -0.4 is 0 Å². The Morgan fingerprint density at radius 2 is 2.26 bits per heavy atom. The van der Waals surface area contributed by atoms with Gasteiger partial charge in [-0.3, -0.25) is 0 Å². The fourth-order valence-electron chi connectivity index (χ4n) is 1.68. The highest BCUT2D eigenvalue weighted by Crippen LogP contribution is 2.28. The van der Waals surface area contributed by atoms with Crippen molar-refractivity contribution in [3.63, 3.8) is 0 Å². The van der Waals surface area contributed by atoms with Crippen LogP contribution in [-0.2, 0) is 10.1 Å². The first kappa shape index (κ1) is 13.7. The van der Waals surface area contributed by atoms with Gasteiger partial charge in [0.05, 0.1) is 6.61 Å². The summed E-state index contributed by atoms with van der Waals surface area (Å²) in [5.74, 6) is -0.955. The summed E-state index contributed by atoms with van der Waals surface area (Å²) in [4.78, 5) is 11.7. The highest BCUT2D eigenvalue weighted by Gasteiger charge is 2.21. The number of rotatable bonds is 4. The third-order valence-electron chi connectivity index (χ3n) is 2.52. The number of H-pyrrole nitrogens is 1. The van der Waals surface area contributed by atoms with Crippen molar-refractivity contribution in [2.24, 2.45) is 0 Å². The SMILES string of the molecule is CCOC(=O)c1n[nH]nc1-c1cccc(F)c1CBr. The van der Waals surface area contributed by atoms with Crippen LogP contribution in [0.15, 0.2) is 18.2 Å². The molecule has 2 aromatic rings. The van der Waals surface area contributed by atoms with Crippen molar-refractivity contribution >= 4 is 21.9 Å². The van der Waals surface area contributed by atoms with Crippen LogP contribution in [0, 0.1) is 5.82 Å². The standard InChI is InChI=1S/C12H11BrFN3O2/c1-2-19-12(18)11-10(15-17-16-11)7-4-3-5-9(14)8(7)6-13/h3-5H,2,6H2,1H3,(H,15,16,17). The Morgan fingerprint density at radius 1 is 1.47 bits per heavy atom. The average Bonchev–Trinajstić information content (AvgIpc) is 2.87. The van der Waals surface area contributed by atoms with E-state index in [1.165, 1.54) is 6.07 Å². The number of carbonyl (C=O) groups excluding carboxylic acids is 1. The summed E-state index contributed by atoms with van der Waals surface area (Å²) in [6.45, 7) is 1.93. The zero-order valence-corrected chi connectivity index (χ0v) is 11.7. The van der Waals surface area contributed by atoms with Crippen molar-refractivity contribution in [2.75, 3.05) is 6.61 Å². The summed E-state index contributed by atoms with van der Waals surface area (Å²) in [6, 6.07) is 4.59. The lowest BCUT2D eigenvalue weighted by Gasteiger charge is -2.06. The number of halogens is 2. The van der Waals surface area contributed by atoms with Crippen molar-refractivity contribution in [1.82, 2.24) is 15.4 Å². The molecular weight excluding hydrogens is 317 g/mol. The Kier molecular flexibility index (Phi) is 4.26. The molecule has 0 aliphatic carbocycles. The number of alkyl halides is 1. The number of carbonyl (C=O) groups is 1. The molecule has 0 aliphatic heterocycles. The Bertz CT molecular complexity index is 600. The molecule has 7 heteroatoms. The summed E-state index contributed by atoms with van der Waals surface area (Å²) in [6.07, 6.45) is 0. The largest absolute Gasteiger partial charge is 0.461 e. The van der Waals surface area contributed by atoms with Gasteiger partial charge in [-0.1, -0.05) is 28.1 Å². The van der Waals surface area contributed by atoms with E-state index in [0.717, 1.165) is 0 Å². The zero-order valence-electron chi connectivity index (χ0n) is 10.1. The second kappa shape index (κ2) is 5.92. The third kappa shape index (κ3) is 2.65. The van der Waals surface area contributed by atoms with Gasteiger partial charge in [-0.25, -0.2) is 9.18 Å². The van der Waals surface area contributed by atoms with E-state index in [1.807, 2.05) is 0 Å². The smallest absolute Gasteiger partial charge is 0.361 e. The van der Waals surface area contributed by atoms with Crippen LogP contribution in [0.5, 0.6) is 0 Å². The molecule has 1 heterocycles. The topological polar surface area (TPSA) is 67.9 Å². The molecule has 0 saturated heterocycles. The highest BCUT2D eigenvalue weighted by molar-refractivity contribution is 9.08. The van der Waals surface area contributed by atoms with Gasteiger partial charge in [0.25, 0.3) is 0 Å². The maximum absolute atomic E-state index is 13.7. The molecule has 0 spiro atoms. The normalized spacial score (nSPS) is 10.5. The van der Waals surface area contributed by atoms with Crippen LogP contribution in [0.3, 0.4) is 0 Å². The van der Waals surface area contributed by atoms with Crippen molar-refractivity contribution in [3.05, 3.63) is 35.3 Å². The summed E-state index contributed by atoms with van der Waals surface area (Å²) in [7, 11) is 0. The minimum Gasteiger partial charge on any atom is -0.461 e. The summed E-state index contributed by atoms with van der Waals surface area (Å²) >= 11 is 3.22. The molecule has 0 aliphatic rings. The quantitative estimate of drug-likeness (QED) is 0.692. The molecule has 1 aromatic heterocycles. The minimum absolute atomic E-state index is 0.0506. The van der Waals surface area contributed by atoms with E-state index in [2.05, 4.69) is 31.3 Å². The van der Waals surface area contributed by atoms with Gasteiger partial charge in [0.2, 0.25) is 0 Å². The maximum Gasteiger partial charge on any atom is 0.361 e. The molecule has 0 fully saturated rings. The van der Waals surface area contributed by atoms with Crippen LogP contribution in [-0.4, -0.2) is 28.0 Å². The monoisotopic (exact) mass is 327 g/mol. The Labute approximate surface area is 117 Å². The van der Waals surface area contributed by atoms with Gasteiger partial charge in [-0.15, -0.1) is 5.10 Å². The first-order valence-corrected chi connectivity index (χ1v) is 6.72. The van der Waals surface area contributed by atoms with E-state index in [-0.39, 0.29) is 23.8 Å².